The molecule has 1 amide bonds. The molecule has 0 aliphatic carbocycles. The maximum absolute atomic E-state index is 12.5. The van der Waals surface area contributed by atoms with E-state index in [1.54, 1.807) is 11.8 Å². The van der Waals surface area contributed by atoms with Crippen LogP contribution in [-0.4, -0.2) is 24.9 Å². The first-order valence-corrected chi connectivity index (χ1v) is 8.41. The summed E-state index contributed by atoms with van der Waals surface area (Å²) in [6.07, 6.45) is 3.83. The Morgan fingerprint density at radius 1 is 1.15 bits per heavy atom. The van der Waals surface area contributed by atoms with Crippen LogP contribution in [0.25, 0.3) is 6.08 Å². The second-order valence-corrected chi connectivity index (χ2v) is 5.65. The van der Waals surface area contributed by atoms with Crippen LogP contribution >= 0.6 is 0 Å². The molecular weight excluding hydrogens is 342 g/mol. The zero-order valence-electron chi connectivity index (χ0n) is 15.1. The summed E-state index contributed by atoms with van der Waals surface area (Å²) in [5.74, 6) is 6.30. The average Bonchev–Trinajstić information content (AvgIpc) is 2.67. The second-order valence-electron chi connectivity index (χ2n) is 5.65. The number of nitrogens with zero attached hydrogens (tertiary/aromatic N) is 1. The van der Waals surface area contributed by atoms with Gasteiger partial charge in [0.2, 0.25) is 0 Å². The van der Waals surface area contributed by atoms with Gasteiger partial charge in [0.1, 0.15) is 6.04 Å². The molecule has 0 fully saturated rings. The van der Waals surface area contributed by atoms with Gasteiger partial charge < -0.3 is 4.74 Å². The Balaban J connectivity index is 0.000000817. The van der Waals surface area contributed by atoms with Gasteiger partial charge in [-0.25, -0.2) is 4.79 Å². The minimum atomic E-state index is -0.376. The molecule has 0 unspecified atom stereocenters. The highest BCUT2D eigenvalue weighted by molar-refractivity contribution is 5.94. The van der Waals surface area contributed by atoms with Crippen molar-refractivity contribution in [3.8, 4) is 11.8 Å². The van der Waals surface area contributed by atoms with E-state index < -0.39 is 0 Å². The first-order chi connectivity index (χ1) is 13.1. The van der Waals surface area contributed by atoms with Crippen molar-refractivity contribution in [1.29, 1.82) is 0 Å². The fraction of sp³-hybridized carbons (Fsp3) is 0.182. The number of hydrogen-bond donors (Lipinski definition) is 0. The average molecular weight is 361 g/mol. The lowest BCUT2D eigenvalue weighted by Crippen LogP contribution is -2.41. The van der Waals surface area contributed by atoms with Gasteiger partial charge in [0, 0.05) is 5.56 Å². The Labute approximate surface area is 158 Å². The molecule has 0 aromatic heterocycles. The number of aryl methyl sites for hydroxylation is 1. The second kappa shape index (κ2) is 9.76. The Morgan fingerprint density at radius 2 is 1.85 bits per heavy atom. The van der Waals surface area contributed by atoms with E-state index in [9.17, 15) is 4.79 Å². The van der Waals surface area contributed by atoms with Crippen LogP contribution < -0.4 is 4.90 Å². The van der Waals surface area contributed by atoms with E-state index in [4.69, 9.17) is 14.3 Å². The van der Waals surface area contributed by atoms with Gasteiger partial charge in [-0.3, -0.25) is 4.90 Å². The zero-order valence-corrected chi connectivity index (χ0v) is 15.1. The first kappa shape index (κ1) is 19.7. The normalized spacial score (nSPS) is 13.9. The zero-order chi connectivity index (χ0) is 19.6. The van der Waals surface area contributed by atoms with Crippen molar-refractivity contribution in [2.45, 2.75) is 19.9 Å². The number of carbonyl (C=O) groups is 1. The maximum atomic E-state index is 12.5. The lowest BCUT2D eigenvalue weighted by atomic mass is 10.0. The van der Waals surface area contributed by atoms with Gasteiger partial charge in [-0.15, -0.1) is 0 Å². The Hall–Kier alpha value is -3.61. The van der Waals surface area contributed by atoms with E-state index >= 15 is 0 Å². The summed E-state index contributed by atoms with van der Waals surface area (Å²) in [7, 11) is 0. The van der Waals surface area contributed by atoms with Crippen LogP contribution in [0.4, 0.5) is 10.5 Å². The summed E-state index contributed by atoms with van der Waals surface area (Å²) in [6, 6.07) is 15.4. The van der Waals surface area contributed by atoms with Crippen molar-refractivity contribution >= 4 is 24.0 Å². The smallest absolute Gasteiger partial charge is 0.415 e. The standard InChI is InChI=1S/C21H19NO2.CO2/c1-3-24-21(23)22-19(12-10-17-7-5-4-6-8-17)13-11-18-15-16(2)9-14-20(18)22;2-1-3/h4-9,11,13-15,19H,3H2,1-2H3;/t19-;/m1./s1. The number of carbonyl (C=O) groups excluding carboxylic acids is 3. The number of amides is 1. The van der Waals surface area contributed by atoms with Crippen molar-refractivity contribution in [2.24, 2.45) is 0 Å². The van der Waals surface area contributed by atoms with Gasteiger partial charge in [0.05, 0.1) is 12.3 Å². The minimum absolute atomic E-state index is 0.250. The van der Waals surface area contributed by atoms with Crippen molar-refractivity contribution in [3.05, 3.63) is 71.3 Å². The molecule has 2 aromatic carbocycles. The molecule has 0 bridgehead atoms. The molecule has 0 radical (unpaired) electrons. The third kappa shape index (κ3) is 5.18. The number of fused-ring (bicyclic) bond motifs is 1. The summed E-state index contributed by atoms with van der Waals surface area (Å²) in [6.45, 7) is 4.17. The third-order valence-electron chi connectivity index (χ3n) is 3.78. The van der Waals surface area contributed by atoms with Gasteiger partial charge in [-0.2, -0.15) is 9.59 Å². The minimum Gasteiger partial charge on any atom is -0.449 e. The summed E-state index contributed by atoms with van der Waals surface area (Å²) < 4.78 is 5.24. The van der Waals surface area contributed by atoms with Crippen LogP contribution in [0, 0.1) is 18.8 Å². The van der Waals surface area contributed by atoms with E-state index in [0.29, 0.717) is 6.61 Å². The van der Waals surface area contributed by atoms with E-state index in [1.165, 1.54) is 0 Å². The molecule has 5 heteroatoms. The summed E-state index contributed by atoms with van der Waals surface area (Å²) in [5, 5.41) is 0. The van der Waals surface area contributed by atoms with Crippen molar-refractivity contribution < 1.29 is 19.1 Å². The molecule has 0 spiro atoms. The largest absolute Gasteiger partial charge is 0.449 e. The van der Waals surface area contributed by atoms with Crippen molar-refractivity contribution in [3.63, 3.8) is 0 Å². The van der Waals surface area contributed by atoms with Crippen molar-refractivity contribution in [2.75, 3.05) is 11.5 Å². The number of anilines is 1. The summed E-state index contributed by atoms with van der Waals surface area (Å²) in [4.78, 5) is 30.3. The van der Waals surface area contributed by atoms with Crippen LogP contribution in [0.2, 0.25) is 0 Å². The Kier molecular flexibility index (Phi) is 7.13. The fourth-order valence-electron chi connectivity index (χ4n) is 2.65. The van der Waals surface area contributed by atoms with Crippen LogP contribution in [0.3, 0.4) is 0 Å². The van der Waals surface area contributed by atoms with E-state index in [2.05, 4.69) is 17.9 Å². The van der Waals surface area contributed by atoms with Gasteiger partial charge in [0.25, 0.3) is 0 Å². The van der Waals surface area contributed by atoms with E-state index in [0.717, 1.165) is 22.4 Å². The number of benzene rings is 2. The number of hydrogen-bond acceptors (Lipinski definition) is 4. The fourth-order valence-corrected chi connectivity index (χ4v) is 2.65. The monoisotopic (exact) mass is 361 g/mol. The van der Waals surface area contributed by atoms with Crippen LogP contribution in [0.5, 0.6) is 0 Å². The first-order valence-electron chi connectivity index (χ1n) is 8.41. The van der Waals surface area contributed by atoms with Crippen LogP contribution in [0.1, 0.15) is 23.6 Å². The van der Waals surface area contributed by atoms with Crippen LogP contribution in [0.15, 0.2) is 54.6 Å². The van der Waals surface area contributed by atoms with Crippen LogP contribution in [-0.2, 0) is 14.3 Å². The third-order valence-corrected chi connectivity index (χ3v) is 3.78. The van der Waals surface area contributed by atoms with Gasteiger partial charge in [-0.05, 0) is 49.8 Å². The van der Waals surface area contributed by atoms with Crippen molar-refractivity contribution in [1.82, 2.24) is 0 Å². The molecule has 27 heavy (non-hydrogen) atoms. The Bertz CT molecular complexity index is 916. The van der Waals surface area contributed by atoms with Gasteiger partial charge in [-0.1, -0.05) is 47.7 Å². The topological polar surface area (TPSA) is 63.7 Å². The lowest BCUT2D eigenvalue weighted by Gasteiger charge is -2.30. The predicted octanol–water partition coefficient (Wildman–Crippen LogP) is 3.82. The highest BCUT2D eigenvalue weighted by Gasteiger charge is 2.28. The predicted molar refractivity (Wildman–Crippen MR) is 102 cm³/mol. The SMILES string of the molecule is CCOC(=O)N1c2ccc(C)cc2C=C[C@H]1C#Cc1ccccc1.O=C=O. The molecule has 1 aliphatic heterocycles. The molecule has 0 N–H and O–H groups in total. The maximum Gasteiger partial charge on any atom is 0.415 e. The quantitative estimate of drug-likeness (QED) is 0.725. The molecule has 1 aliphatic rings. The van der Waals surface area contributed by atoms with Gasteiger partial charge in [0.15, 0.2) is 0 Å². The summed E-state index contributed by atoms with van der Waals surface area (Å²) in [5.41, 5.74) is 3.90. The number of rotatable bonds is 1. The number of ether oxygens (including phenoxy) is 1. The molecule has 5 nitrogen and oxygen atoms in total. The molecule has 0 saturated carbocycles. The molecule has 2 aromatic rings. The van der Waals surface area contributed by atoms with E-state index in [1.807, 2.05) is 61.5 Å². The lowest BCUT2D eigenvalue weighted by molar-refractivity contribution is -0.191. The molecule has 0 saturated heterocycles. The van der Waals surface area contributed by atoms with E-state index in [-0.39, 0.29) is 18.3 Å². The Morgan fingerprint density at radius 3 is 2.52 bits per heavy atom. The molecule has 136 valence electrons. The summed E-state index contributed by atoms with van der Waals surface area (Å²) >= 11 is 0. The highest BCUT2D eigenvalue weighted by Crippen LogP contribution is 2.30. The molecule has 3 rings (SSSR count). The molecule has 1 heterocycles. The highest BCUT2D eigenvalue weighted by atomic mass is 16.6. The van der Waals surface area contributed by atoms with Gasteiger partial charge >= 0.3 is 12.2 Å². The molecule has 1 atom stereocenters. The molecular formula is C22H19NO4.